The third kappa shape index (κ3) is 2.74. The minimum absolute atomic E-state index is 0.0386. The fourth-order valence-electron chi connectivity index (χ4n) is 2.11. The number of aryl methyl sites for hydroxylation is 2. The average molecular weight is 352 g/mol. The number of rotatable bonds is 3. The maximum Gasteiger partial charge on any atom is 0.0720 e. The van der Waals surface area contributed by atoms with Crippen LogP contribution in [0.2, 0.25) is 0 Å². The van der Waals surface area contributed by atoms with Crippen LogP contribution in [0.5, 0.6) is 0 Å². The van der Waals surface area contributed by atoms with E-state index in [9.17, 15) is 0 Å². The molecule has 0 aliphatic heterocycles. The van der Waals surface area contributed by atoms with Gasteiger partial charge in [-0.2, -0.15) is 0 Å². The lowest BCUT2D eigenvalue weighted by molar-refractivity contribution is 0.633. The standard InChI is InChI=1S/C15H17IN2/c1-10-5-3-7-12(9-10)15(18-17)13-8-4-6-11(2)14(13)16/h3-9,15,18H,17H2,1-2H3. The third-order valence-electron chi connectivity index (χ3n) is 3.07. The Morgan fingerprint density at radius 3 is 2.50 bits per heavy atom. The average Bonchev–Trinajstić information content (AvgIpc) is 2.35. The van der Waals surface area contributed by atoms with Crippen molar-refractivity contribution >= 4 is 22.6 Å². The van der Waals surface area contributed by atoms with Crippen LogP contribution in [-0.4, -0.2) is 0 Å². The quantitative estimate of drug-likeness (QED) is 0.504. The van der Waals surface area contributed by atoms with E-state index in [0.29, 0.717) is 0 Å². The first-order chi connectivity index (χ1) is 8.63. The summed E-state index contributed by atoms with van der Waals surface area (Å²) in [6, 6.07) is 14.8. The van der Waals surface area contributed by atoms with Crippen molar-refractivity contribution in [2.75, 3.05) is 0 Å². The zero-order valence-electron chi connectivity index (χ0n) is 10.6. The maximum absolute atomic E-state index is 5.75. The van der Waals surface area contributed by atoms with Crippen molar-refractivity contribution in [1.29, 1.82) is 0 Å². The van der Waals surface area contributed by atoms with Gasteiger partial charge in [-0.15, -0.1) is 0 Å². The first-order valence-electron chi connectivity index (χ1n) is 5.91. The van der Waals surface area contributed by atoms with E-state index >= 15 is 0 Å². The fraction of sp³-hybridized carbons (Fsp3) is 0.200. The minimum atomic E-state index is 0.0386. The predicted molar refractivity (Wildman–Crippen MR) is 84.2 cm³/mol. The molecule has 2 nitrogen and oxygen atoms in total. The summed E-state index contributed by atoms with van der Waals surface area (Å²) in [7, 11) is 0. The molecule has 0 aromatic heterocycles. The molecule has 3 heteroatoms. The number of benzene rings is 2. The summed E-state index contributed by atoms with van der Waals surface area (Å²) in [5.41, 5.74) is 7.87. The Labute approximate surface area is 122 Å². The van der Waals surface area contributed by atoms with Gasteiger partial charge in [0.25, 0.3) is 0 Å². The van der Waals surface area contributed by atoms with Crippen LogP contribution in [-0.2, 0) is 0 Å². The number of hydrogen-bond donors (Lipinski definition) is 2. The molecule has 1 atom stereocenters. The molecule has 0 spiro atoms. The summed E-state index contributed by atoms with van der Waals surface area (Å²) >= 11 is 2.38. The largest absolute Gasteiger partial charge is 0.271 e. The molecule has 0 saturated heterocycles. The molecule has 18 heavy (non-hydrogen) atoms. The van der Waals surface area contributed by atoms with Gasteiger partial charge in [-0.3, -0.25) is 5.84 Å². The number of halogens is 1. The van der Waals surface area contributed by atoms with Gasteiger partial charge in [0, 0.05) is 3.57 Å². The molecule has 2 aromatic carbocycles. The van der Waals surface area contributed by atoms with Gasteiger partial charge in [-0.1, -0.05) is 48.0 Å². The van der Waals surface area contributed by atoms with Gasteiger partial charge in [0.2, 0.25) is 0 Å². The fourth-order valence-corrected chi connectivity index (χ4v) is 2.78. The van der Waals surface area contributed by atoms with Crippen LogP contribution >= 0.6 is 22.6 Å². The van der Waals surface area contributed by atoms with Crippen LogP contribution in [0, 0.1) is 17.4 Å². The minimum Gasteiger partial charge on any atom is -0.271 e. The highest BCUT2D eigenvalue weighted by Crippen LogP contribution is 2.27. The van der Waals surface area contributed by atoms with Crippen LogP contribution in [0.4, 0.5) is 0 Å². The van der Waals surface area contributed by atoms with E-state index in [1.807, 2.05) is 0 Å². The van der Waals surface area contributed by atoms with Gasteiger partial charge in [-0.05, 0) is 53.1 Å². The smallest absolute Gasteiger partial charge is 0.0720 e. The summed E-state index contributed by atoms with van der Waals surface area (Å²) in [4.78, 5) is 0. The topological polar surface area (TPSA) is 38.0 Å². The molecule has 0 amide bonds. The molecule has 3 N–H and O–H groups in total. The Balaban J connectivity index is 2.49. The van der Waals surface area contributed by atoms with Crippen molar-refractivity contribution in [3.8, 4) is 0 Å². The Kier molecular flexibility index (Phi) is 4.37. The highest BCUT2D eigenvalue weighted by atomic mass is 127. The van der Waals surface area contributed by atoms with Crippen molar-refractivity contribution < 1.29 is 0 Å². The summed E-state index contributed by atoms with van der Waals surface area (Å²) < 4.78 is 1.26. The van der Waals surface area contributed by atoms with E-state index in [-0.39, 0.29) is 6.04 Å². The van der Waals surface area contributed by atoms with E-state index in [1.165, 1.54) is 25.8 Å². The zero-order chi connectivity index (χ0) is 13.1. The van der Waals surface area contributed by atoms with Crippen LogP contribution in [0.3, 0.4) is 0 Å². The molecule has 0 heterocycles. The number of nitrogens with one attached hydrogen (secondary N) is 1. The zero-order valence-corrected chi connectivity index (χ0v) is 12.7. The Morgan fingerprint density at radius 1 is 1.11 bits per heavy atom. The molecule has 0 bridgehead atoms. The lowest BCUT2D eigenvalue weighted by Crippen LogP contribution is -2.29. The second-order valence-electron chi connectivity index (χ2n) is 4.49. The van der Waals surface area contributed by atoms with Gasteiger partial charge in [0.15, 0.2) is 0 Å². The number of hydrogen-bond acceptors (Lipinski definition) is 2. The predicted octanol–water partition coefficient (Wildman–Crippen LogP) is 3.46. The first kappa shape index (κ1) is 13.5. The molecular weight excluding hydrogens is 335 g/mol. The van der Waals surface area contributed by atoms with Crippen LogP contribution in [0.1, 0.15) is 28.3 Å². The molecule has 0 saturated carbocycles. The Morgan fingerprint density at radius 2 is 1.83 bits per heavy atom. The van der Waals surface area contributed by atoms with Gasteiger partial charge in [0.05, 0.1) is 6.04 Å². The lowest BCUT2D eigenvalue weighted by Gasteiger charge is -2.19. The van der Waals surface area contributed by atoms with Crippen molar-refractivity contribution in [1.82, 2.24) is 5.43 Å². The van der Waals surface area contributed by atoms with Crippen LogP contribution in [0.15, 0.2) is 42.5 Å². The van der Waals surface area contributed by atoms with E-state index in [4.69, 9.17) is 5.84 Å². The van der Waals surface area contributed by atoms with E-state index in [0.717, 1.165) is 0 Å². The molecule has 0 aliphatic carbocycles. The van der Waals surface area contributed by atoms with Gasteiger partial charge >= 0.3 is 0 Å². The molecule has 0 radical (unpaired) electrons. The number of nitrogens with two attached hydrogens (primary N) is 1. The molecule has 0 fully saturated rings. The van der Waals surface area contributed by atoms with Gasteiger partial charge in [0.1, 0.15) is 0 Å². The molecule has 94 valence electrons. The van der Waals surface area contributed by atoms with E-state index in [2.05, 4.69) is 84.3 Å². The lowest BCUT2D eigenvalue weighted by atomic mass is 9.97. The molecule has 0 aliphatic rings. The van der Waals surface area contributed by atoms with E-state index < -0.39 is 0 Å². The summed E-state index contributed by atoms with van der Waals surface area (Å²) in [5, 5.41) is 0. The molecule has 2 aromatic rings. The third-order valence-corrected chi connectivity index (χ3v) is 4.55. The van der Waals surface area contributed by atoms with Crippen molar-refractivity contribution in [3.05, 3.63) is 68.3 Å². The summed E-state index contributed by atoms with van der Waals surface area (Å²) in [5.74, 6) is 5.75. The van der Waals surface area contributed by atoms with Crippen molar-refractivity contribution in [2.24, 2.45) is 5.84 Å². The second kappa shape index (κ2) is 5.82. The highest BCUT2D eigenvalue weighted by Gasteiger charge is 2.15. The first-order valence-corrected chi connectivity index (χ1v) is 6.99. The summed E-state index contributed by atoms with van der Waals surface area (Å²) in [6.45, 7) is 4.22. The Hall–Kier alpha value is -0.910. The highest BCUT2D eigenvalue weighted by molar-refractivity contribution is 14.1. The van der Waals surface area contributed by atoms with E-state index in [1.54, 1.807) is 0 Å². The maximum atomic E-state index is 5.75. The van der Waals surface area contributed by atoms with Crippen molar-refractivity contribution in [3.63, 3.8) is 0 Å². The van der Waals surface area contributed by atoms with Crippen molar-refractivity contribution in [2.45, 2.75) is 19.9 Å². The van der Waals surface area contributed by atoms with Crippen LogP contribution in [0.25, 0.3) is 0 Å². The SMILES string of the molecule is Cc1cccc(C(NN)c2cccc(C)c2I)c1. The second-order valence-corrected chi connectivity index (χ2v) is 5.57. The number of hydrazine groups is 1. The normalized spacial score (nSPS) is 12.4. The monoisotopic (exact) mass is 352 g/mol. The summed E-state index contributed by atoms with van der Waals surface area (Å²) in [6.07, 6.45) is 0. The van der Waals surface area contributed by atoms with Gasteiger partial charge in [-0.25, -0.2) is 5.43 Å². The Bertz CT molecular complexity index is 552. The molecule has 1 unspecified atom stereocenters. The van der Waals surface area contributed by atoms with Gasteiger partial charge < -0.3 is 0 Å². The molecule has 2 rings (SSSR count). The van der Waals surface area contributed by atoms with Crippen LogP contribution < -0.4 is 11.3 Å². The molecular formula is C15H17IN2.